The number of carboxylic acids is 1. The van der Waals surface area contributed by atoms with E-state index in [4.69, 9.17) is 16.7 Å². The maximum atomic E-state index is 10.7. The summed E-state index contributed by atoms with van der Waals surface area (Å²) in [4.78, 5) is 14.6. The number of pyridine rings is 1. The molecule has 2 rings (SSSR count). The summed E-state index contributed by atoms with van der Waals surface area (Å²) < 4.78 is 0.827. The number of halogens is 2. The monoisotopic (exact) mass is 275 g/mol. The molecule has 0 amide bonds. The Kier molecular flexibility index (Phi) is 2.49. The molecule has 1 aliphatic carbocycles. The van der Waals surface area contributed by atoms with Crippen LogP contribution in [0.25, 0.3) is 0 Å². The SMILES string of the molecule is O=C(O)C1CC1c1cc(Br)cnc1Cl. The highest BCUT2D eigenvalue weighted by atomic mass is 79.9. The number of aliphatic carboxylic acids is 1. The molecule has 1 aromatic heterocycles. The van der Waals surface area contributed by atoms with Gasteiger partial charge in [0, 0.05) is 16.6 Å². The maximum absolute atomic E-state index is 10.7. The van der Waals surface area contributed by atoms with Crippen LogP contribution < -0.4 is 0 Å². The summed E-state index contributed by atoms with van der Waals surface area (Å²) >= 11 is 9.16. The summed E-state index contributed by atoms with van der Waals surface area (Å²) in [6.07, 6.45) is 2.26. The van der Waals surface area contributed by atoms with Gasteiger partial charge in [-0.2, -0.15) is 0 Å². The lowest BCUT2D eigenvalue weighted by Gasteiger charge is -2.01. The Balaban J connectivity index is 2.26. The average Bonchev–Trinajstić information content (AvgIpc) is 2.88. The van der Waals surface area contributed by atoms with Gasteiger partial charge in [0.1, 0.15) is 5.15 Å². The van der Waals surface area contributed by atoms with Crippen LogP contribution in [-0.2, 0) is 4.79 Å². The second-order valence-electron chi connectivity index (χ2n) is 3.32. The van der Waals surface area contributed by atoms with E-state index in [0.717, 1.165) is 10.0 Å². The summed E-state index contributed by atoms with van der Waals surface area (Å²) in [6, 6.07) is 1.84. The molecular weight excluding hydrogens is 269 g/mol. The van der Waals surface area contributed by atoms with Gasteiger partial charge in [0.15, 0.2) is 0 Å². The van der Waals surface area contributed by atoms with Gasteiger partial charge in [-0.25, -0.2) is 4.98 Å². The molecule has 5 heteroatoms. The van der Waals surface area contributed by atoms with Crippen LogP contribution in [0.5, 0.6) is 0 Å². The molecule has 14 heavy (non-hydrogen) atoms. The quantitative estimate of drug-likeness (QED) is 0.845. The van der Waals surface area contributed by atoms with E-state index >= 15 is 0 Å². The number of aromatic nitrogens is 1. The van der Waals surface area contributed by atoms with Crippen molar-refractivity contribution in [1.82, 2.24) is 4.98 Å². The van der Waals surface area contributed by atoms with Gasteiger partial charge in [0.05, 0.1) is 5.92 Å². The van der Waals surface area contributed by atoms with E-state index in [0.29, 0.717) is 11.6 Å². The Morgan fingerprint density at radius 1 is 1.71 bits per heavy atom. The highest BCUT2D eigenvalue weighted by Gasteiger charge is 2.45. The Morgan fingerprint density at radius 2 is 2.43 bits per heavy atom. The van der Waals surface area contributed by atoms with E-state index in [2.05, 4.69) is 20.9 Å². The number of rotatable bonds is 2. The Bertz CT molecular complexity index is 396. The highest BCUT2D eigenvalue weighted by molar-refractivity contribution is 9.10. The van der Waals surface area contributed by atoms with Crippen molar-refractivity contribution in [3.63, 3.8) is 0 Å². The zero-order chi connectivity index (χ0) is 10.3. The van der Waals surface area contributed by atoms with Crippen LogP contribution in [0.1, 0.15) is 17.9 Å². The molecule has 0 aromatic carbocycles. The molecule has 1 saturated carbocycles. The van der Waals surface area contributed by atoms with Crippen LogP contribution >= 0.6 is 27.5 Å². The van der Waals surface area contributed by atoms with Gasteiger partial charge < -0.3 is 5.11 Å². The fraction of sp³-hybridized carbons (Fsp3) is 0.333. The second-order valence-corrected chi connectivity index (χ2v) is 4.59. The molecule has 1 heterocycles. The number of nitrogens with zero attached hydrogens (tertiary/aromatic N) is 1. The summed E-state index contributed by atoms with van der Waals surface area (Å²) in [6.45, 7) is 0. The lowest BCUT2D eigenvalue weighted by molar-refractivity contribution is -0.138. The fourth-order valence-corrected chi connectivity index (χ4v) is 2.10. The van der Waals surface area contributed by atoms with Crippen LogP contribution in [0.2, 0.25) is 5.15 Å². The zero-order valence-electron chi connectivity index (χ0n) is 7.08. The van der Waals surface area contributed by atoms with E-state index in [1.165, 1.54) is 0 Å². The van der Waals surface area contributed by atoms with Crippen molar-refractivity contribution >= 4 is 33.5 Å². The van der Waals surface area contributed by atoms with E-state index in [-0.39, 0.29) is 11.8 Å². The van der Waals surface area contributed by atoms with E-state index in [9.17, 15) is 4.79 Å². The molecule has 1 aromatic rings. The maximum Gasteiger partial charge on any atom is 0.307 e. The standard InChI is InChI=1S/C9H7BrClNO2/c10-4-1-6(8(11)12-3-4)5-2-7(5)9(13)14/h1,3,5,7H,2H2,(H,13,14). The molecule has 0 bridgehead atoms. The first-order valence-corrected chi connectivity index (χ1v) is 5.30. The third kappa shape index (κ3) is 1.77. The van der Waals surface area contributed by atoms with Gasteiger partial charge in [-0.1, -0.05) is 11.6 Å². The van der Waals surface area contributed by atoms with Crippen LogP contribution in [0.4, 0.5) is 0 Å². The molecule has 74 valence electrons. The Labute approximate surface area is 94.2 Å². The van der Waals surface area contributed by atoms with Crippen molar-refractivity contribution in [2.45, 2.75) is 12.3 Å². The smallest absolute Gasteiger partial charge is 0.307 e. The number of carbonyl (C=O) groups is 1. The van der Waals surface area contributed by atoms with Crippen LogP contribution in [0, 0.1) is 5.92 Å². The molecule has 0 aliphatic heterocycles. The second kappa shape index (κ2) is 3.51. The number of hydrogen-bond donors (Lipinski definition) is 1. The van der Waals surface area contributed by atoms with E-state index in [1.807, 2.05) is 6.07 Å². The molecule has 1 N–H and O–H groups in total. The van der Waals surface area contributed by atoms with Gasteiger partial charge in [-0.05, 0) is 34.0 Å². The minimum atomic E-state index is -0.758. The first-order chi connectivity index (χ1) is 6.59. The van der Waals surface area contributed by atoms with Crippen molar-refractivity contribution in [3.05, 3.63) is 27.5 Å². The van der Waals surface area contributed by atoms with Crippen LogP contribution in [0.3, 0.4) is 0 Å². The summed E-state index contributed by atoms with van der Waals surface area (Å²) in [5, 5.41) is 9.17. The minimum absolute atomic E-state index is 0.0324. The van der Waals surface area contributed by atoms with Crippen molar-refractivity contribution in [1.29, 1.82) is 0 Å². The first-order valence-electron chi connectivity index (χ1n) is 4.13. The van der Waals surface area contributed by atoms with Gasteiger partial charge in [-0.15, -0.1) is 0 Å². The molecular formula is C9H7BrClNO2. The molecule has 0 spiro atoms. The van der Waals surface area contributed by atoms with Crippen LogP contribution in [-0.4, -0.2) is 16.1 Å². The van der Waals surface area contributed by atoms with Crippen molar-refractivity contribution in [2.75, 3.05) is 0 Å². The van der Waals surface area contributed by atoms with Crippen molar-refractivity contribution in [3.8, 4) is 0 Å². The largest absolute Gasteiger partial charge is 0.481 e. The van der Waals surface area contributed by atoms with Crippen molar-refractivity contribution < 1.29 is 9.90 Å². The number of carboxylic acid groups (broad SMARTS) is 1. The van der Waals surface area contributed by atoms with E-state index < -0.39 is 5.97 Å². The molecule has 3 nitrogen and oxygen atoms in total. The van der Waals surface area contributed by atoms with Crippen LogP contribution in [0.15, 0.2) is 16.7 Å². The third-order valence-corrected chi connectivity index (χ3v) is 3.09. The molecule has 1 aliphatic rings. The van der Waals surface area contributed by atoms with Gasteiger partial charge in [0.25, 0.3) is 0 Å². The molecule has 2 atom stereocenters. The lowest BCUT2D eigenvalue weighted by atomic mass is 10.1. The molecule has 0 radical (unpaired) electrons. The normalized spacial score (nSPS) is 24.7. The van der Waals surface area contributed by atoms with Gasteiger partial charge in [0.2, 0.25) is 0 Å². The first kappa shape index (κ1) is 9.93. The topological polar surface area (TPSA) is 50.2 Å². The van der Waals surface area contributed by atoms with E-state index in [1.54, 1.807) is 6.20 Å². The summed E-state index contributed by atoms with van der Waals surface area (Å²) in [5.74, 6) is -1.01. The average molecular weight is 277 g/mol. The van der Waals surface area contributed by atoms with Gasteiger partial charge >= 0.3 is 5.97 Å². The molecule has 1 fully saturated rings. The third-order valence-electron chi connectivity index (χ3n) is 2.34. The fourth-order valence-electron chi connectivity index (χ4n) is 1.51. The minimum Gasteiger partial charge on any atom is -0.481 e. The van der Waals surface area contributed by atoms with Crippen molar-refractivity contribution in [2.24, 2.45) is 5.92 Å². The number of hydrogen-bond acceptors (Lipinski definition) is 2. The summed E-state index contributed by atoms with van der Waals surface area (Å²) in [7, 11) is 0. The Morgan fingerprint density at radius 3 is 3.00 bits per heavy atom. The molecule has 0 saturated heterocycles. The Hall–Kier alpha value is -0.610. The van der Waals surface area contributed by atoms with Gasteiger partial charge in [-0.3, -0.25) is 4.79 Å². The zero-order valence-corrected chi connectivity index (χ0v) is 9.42. The lowest BCUT2D eigenvalue weighted by Crippen LogP contribution is -1.99. The highest BCUT2D eigenvalue weighted by Crippen LogP contribution is 2.49. The molecule has 2 unspecified atom stereocenters. The summed E-state index contributed by atoms with van der Waals surface area (Å²) in [5.41, 5.74) is 0.827. The predicted molar refractivity (Wildman–Crippen MR) is 55.4 cm³/mol. The predicted octanol–water partition coefficient (Wildman–Crippen LogP) is 2.69.